The van der Waals surface area contributed by atoms with E-state index in [9.17, 15) is 4.39 Å². The van der Waals surface area contributed by atoms with Crippen molar-refractivity contribution in [2.75, 3.05) is 0 Å². The lowest BCUT2D eigenvalue weighted by Crippen LogP contribution is -2.08. The summed E-state index contributed by atoms with van der Waals surface area (Å²) in [5.41, 5.74) is 7.04. The maximum Gasteiger partial charge on any atom is 0.200 e. The summed E-state index contributed by atoms with van der Waals surface area (Å²) >= 11 is 0. The quantitative estimate of drug-likeness (QED) is 0.0908. The predicted octanol–water partition coefficient (Wildman–Crippen LogP) is 15.8. The molecule has 4 aromatic heterocycles. The van der Waals surface area contributed by atoms with E-state index in [1.165, 1.54) is 6.07 Å². The first-order chi connectivity index (χ1) is 33.2. The maximum atomic E-state index is 17.6. The van der Waals surface area contributed by atoms with Crippen LogP contribution < -0.4 is 0 Å². The van der Waals surface area contributed by atoms with Crippen molar-refractivity contribution in [3.05, 3.63) is 229 Å². The number of para-hydroxylation sites is 2. The van der Waals surface area contributed by atoms with Crippen LogP contribution in [0.1, 0.15) is 0 Å². The summed E-state index contributed by atoms with van der Waals surface area (Å²) in [5, 5.41) is 2.89. The molecule has 0 N–H and O–H groups in total. The second-order valence-corrected chi connectivity index (χ2v) is 16.5. The molecule has 326 valence electrons. The molecular weight excluding hydrogens is 867 g/mol. The van der Waals surface area contributed by atoms with Crippen LogP contribution in [0.2, 0.25) is 0 Å². The first kappa shape index (κ1) is 40.7. The molecule has 4 heterocycles. The lowest BCUT2D eigenvalue weighted by molar-refractivity contribution is 0.381. The summed E-state index contributed by atoms with van der Waals surface area (Å²) in [4.78, 5) is 9.15. The zero-order valence-corrected chi connectivity index (χ0v) is 35.5. The first-order valence-electron chi connectivity index (χ1n) is 21.7. The zero-order chi connectivity index (χ0) is 46.2. The summed E-state index contributed by atoms with van der Waals surface area (Å²) in [6.45, 7) is 0. The van der Waals surface area contributed by atoms with E-state index in [0.717, 1.165) is 61.6 Å². The van der Waals surface area contributed by atoms with Crippen LogP contribution in [0.5, 0.6) is 0 Å². The van der Waals surface area contributed by atoms with Crippen molar-refractivity contribution in [2.45, 2.75) is 0 Å². The largest absolute Gasteiger partial charge is 0.309 e. The Morgan fingerprint density at radius 3 is 1.22 bits per heavy atom. The third-order valence-corrected chi connectivity index (χ3v) is 12.7. The van der Waals surface area contributed by atoms with E-state index in [-0.39, 0.29) is 11.4 Å². The minimum Gasteiger partial charge on any atom is -0.309 e. The standard InChI is InChI=1S/C58H32F6N4/c59-44-32-51(67-47-17-9-7-15-39(47)41-27-35(19-21-49(41)67)37-23-25-65-45(29-37)33-11-3-1-4-12-33)43(53-54(60)56(62)58(64)57(63)55(53)61)31-52(44)68-48-18-10-8-16-40(48)42-28-36(20-22-50(42)68)38-24-26-66-46(30-38)34-13-5-2-6-14-34/h1-32H. The Morgan fingerprint density at radius 1 is 0.309 bits per heavy atom. The van der Waals surface area contributed by atoms with Gasteiger partial charge in [-0.15, -0.1) is 0 Å². The summed E-state index contributed by atoms with van der Waals surface area (Å²) in [7, 11) is 0. The van der Waals surface area contributed by atoms with Crippen LogP contribution in [0.4, 0.5) is 26.3 Å². The second kappa shape index (κ2) is 16.0. The number of halogens is 6. The summed E-state index contributed by atoms with van der Waals surface area (Å²) in [6.07, 6.45) is 3.46. The Bertz CT molecular complexity index is 3960. The molecule has 0 saturated heterocycles. The van der Waals surface area contributed by atoms with Gasteiger partial charge in [0.05, 0.1) is 50.4 Å². The van der Waals surface area contributed by atoms with E-state index < -0.39 is 46.0 Å². The van der Waals surface area contributed by atoms with Gasteiger partial charge in [0.1, 0.15) is 5.82 Å². The van der Waals surface area contributed by atoms with Crippen molar-refractivity contribution in [3.63, 3.8) is 0 Å². The predicted molar refractivity (Wildman–Crippen MR) is 258 cm³/mol. The fourth-order valence-electron chi connectivity index (χ4n) is 9.53. The summed E-state index contributed by atoms with van der Waals surface area (Å²) in [5.74, 6) is -11.4. The minimum atomic E-state index is -2.30. The van der Waals surface area contributed by atoms with Gasteiger partial charge in [-0.1, -0.05) is 109 Å². The average Bonchev–Trinajstić information content (AvgIpc) is 3.90. The second-order valence-electron chi connectivity index (χ2n) is 16.5. The van der Waals surface area contributed by atoms with Crippen molar-refractivity contribution in [1.29, 1.82) is 0 Å². The summed E-state index contributed by atoms with van der Waals surface area (Å²) < 4.78 is 98.8. The van der Waals surface area contributed by atoms with Gasteiger partial charge in [0.2, 0.25) is 5.82 Å². The third-order valence-electron chi connectivity index (χ3n) is 12.7. The van der Waals surface area contributed by atoms with Gasteiger partial charge in [-0.3, -0.25) is 9.97 Å². The zero-order valence-electron chi connectivity index (χ0n) is 35.5. The van der Waals surface area contributed by atoms with Crippen LogP contribution in [-0.2, 0) is 0 Å². The van der Waals surface area contributed by atoms with E-state index in [4.69, 9.17) is 0 Å². The van der Waals surface area contributed by atoms with Crippen LogP contribution in [0.25, 0.3) is 111 Å². The van der Waals surface area contributed by atoms with Crippen molar-refractivity contribution in [3.8, 4) is 67.3 Å². The monoisotopic (exact) mass is 898 g/mol. The fraction of sp³-hybridized carbons (Fsp3) is 0. The van der Waals surface area contributed by atoms with Gasteiger partial charge in [0, 0.05) is 56.7 Å². The number of benzene rings is 8. The molecule has 0 fully saturated rings. The molecule has 0 unspecified atom stereocenters. The molecule has 0 aliphatic carbocycles. The van der Waals surface area contributed by atoms with E-state index in [0.29, 0.717) is 32.8 Å². The highest BCUT2D eigenvalue weighted by molar-refractivity contribution is 6.12. The molecule has 10 heteroatoms. The van der Waals surface area contributed by atoms with Gasteiger partial charge in [-0.05, 0) is 89.0 Å². The van der Waals surface area contributed by atoms with Crippen LogP contribution in [0.3, 0.4) is 0 Å². The highest BCUT2D eigenvalue weighted by atomic mass is 19.2. The van der Waals surface area contributed by atoms with Crippen molar-refractivity contribution >= 4 is 43.6 Å². The number of nitrogens with zero attached hydrogens (tertiary/aromatic N) is 4. The SMILES string of the molecule is Fc1cc(-n2c3ccccc3c3cc(-c4ccnc(-c5ccccc5)c4)ccc32)c(-c2c(F)c(F)c(F)c(F)c2F)cc1-n1c2ccccc2c2cc(-c3ccnc(-c4ccccc4)c3)ccc21. The molecular formula is C58H32F6N4. The van der Waals surface area contributed by atoms with E-state index in [1.54, 1.807) is 51.9 Å². The number of pyridine rings is 2. The Balaban J connectivity index is 1.09. The molecule has 4 nitrogen and oxygen atoms in total. The highest BCUT2D eigenvalue weighted by Crippen LogP contribution is 2.44. The van der Waals surface area contributed by atoms with Gasteiger partial charge in [0.15, 0.2) is 23.3 Å². The number of rotatable bonds is 7. The van der Waals surface area contributed by atoms with E-state index in [1.807, 2.05) is 140 Å². The molecule has 0 spiro atoms. The molecule has 68 heavy (non-hydrogen) atoms. The molecule has 0 aliphatic heterocycles. The summed E-state index contributed by atoms with van der Waals surface area (Å²) in [6, 6.07) is 55.4. The number of aromatic nitrogens is 4. The fourth-order valence-corrected chi connectivity index (χ4v) is 9.53. The third kappa shape index (κ3) is 6.47. The number of hydrogen-bond donors (Lipinski definition) is 0. The normalized spacial score (nSPS) is 11.7. The average molecular weight is 899 g/mol. The van der Waals surface area contributed by atoms with Crippen molar-refractivity contribution < 1.29 is 26.3 Å². The Hall–Kier alpha value is -8.76. The molecule has 0 radical (unpaired) electrons. The van der Waals surface area contributed by atoms with E-state index >= 15 is 22.0 Å². The molecule has 0 atom stereocenters. The van der Waals surface area contributed by atoms with Gasteiger partial charge in [-0.25, -0.2) is 26.3 Å². The molecule has 12 aromatic rings. The molecule has 0 saturated carbocycles. The van der Waals surface area contributed by atoms with Crippen LogP contribution in [0.15, 0.2) is 194 Å². The van der Waals surface area contributed by atoms with Gasteiger partial charge in [-0.2, -0.15) is 0 Å². The first-order valence-corrected chi connectivity index (χ1v) is 21.7. The molecule has 0 bridgehead atoms. The Labute approximate surface area is 384 Å². The maximum absolute atomic E-state index is 17.6. The minimum absolute atomic E-state index is 0.140. The van der Waals surface area contributed by atoms with Crippen LogP contribution in [-0.4, -0.2) is 19.1 Å². The smallest absolute Gasteiger partial charge is 0.200 e. The van der Waals surface area contributed by atoms with E-state index in [2.05, 4.69) is 9.97 Å². The Morgan fingerprint density at radius 2 is 0.721 bits per heavy atom. The Kier molecular flexibility index (Phi) is 9.58. The lowest BCUT2D eigenvalue weighted by Gasteiger charge is -2.19. The van der Waals surface area contributed by atoms with Gasteiger partial charge < -0.3 is 9.13 Å². The number of hydrogen-bond acceptors (Lipinski definition) is 2. The molecule has 8 aromatic carbocycles. The van der Waals surface area contributed by atoms with Crippen molar-refractivity contribution in [2.24, 2.45) is 0 Å². The molecule has 12 rings (SSSR count). The topological polar surface area (TPSA) is 35.6 Å². The van der Waals surface area contributed by atoms with Gasteiger partial charge in [0.25, 0.3) is 0 Å². The van der Waals surface area contributed by atoms with Crippen molar-refractivity contribution in [1.82, 2.24) is 19.1 Å². The van der Waals surface area contributed by atoms with Crippen LogP contribution in [0, 0.1) is 34.9 Å². The number of fused-ring (bicyclic) bond motifs is 6. The highest BCUT2D eigenvalue weighted by Gasteiger charge is 2.31. The molecule has 0 aliphatic rings. The van der Waals surface area contributed by atoms with Gasteiger partial charge >= 0.3 is 0 Å². The lowest BCUT2D eigenvalue weighted by atomic mass is 9.99. The molecule has 0 amide bonds. The van der Waals surface area contributed by atoms with Crippen LogP contribution >= 0.6 is 0 Å².